The maximum Gasteiger partial charge on any atom is 0.258 e. The van der Waals surface area contributed by atoms with Crippen molar-refractivity contribution < 1.29 is 14.3 Å². The van der Waals surface area contributed by atoms with E-state index in [4.69, 9.17) is 4.74 Å². The number of hydrogen-bond donors (Lipinski definition) is 0. The molecule has 1 atom stereocenters. The van der Waals surface area contributed by atoms with Crippen LogP contribution in [-0.4, -0.2) is 54.9 Å². The first-order chi connectivity index (χ1) is 10.1. The highest BCUT2D eigenvalue weighted by atomic mass is 16.5. The maximum atomic E-state index is 12.8. The van der Waals surface area contributed by atoms with E-state index in [9.17, 15) is 9.59 Å². The topological polar surface area (TPSA) is 49.9 Å². The van der Waals surface area contributed by atoms with E-state index in [1.807, 2.05) is 12.1 Å². The molecule has 1 aromatic carbocycles. The summed E-state index contributed by atoms with van der Waals surface area (Å²) in [6, 6.07) is 5.33. The van der Waals surface area contributed by atoms with Crippen LogP contribution in [0.5, 0.6) is 5.75 Å². The summed E-state index contributed by atoms with van der Waals surface area (Å²) in [5.74, 6) is 0.603. The smallest absolute Gasteiger partial charge is 0.258 e. The highest BCUT2D eigenvalue weighted by Crippen LogP contribution is 2.32. The number of likely N-dealkylation sites (tertiary alicyclic amines) is 1. The predicted molar refractivity (Wildman–Crippen MR) is 78.4 cm³/mol. The first-order valence-corrected chi connectivity index (χ1v) is 7.36. The molecule has 0 aromatic heterocycles. The summed E-state index contributed by atoms with van der Waals surface area (Å²) in [5, 5.41) is 0. The lowest BCUT2D eigenvalue weighted by molar-refractivity contribution is -0.132. The Morgan fingerprint density at radius 3 is 2.90 bits per heavy atom. The molecule has 0 N–H and O–H groups in total. The van der Waals surface area contributed by atoms with Gasteiger partial charge in [0.25, 0.3) is 5.91 Å². The van der Waals surface area contributed by atoms with Crippen molar-refractivity contribution in [3.8, 4) is 5.75 Å². The second-order valence-electron chi connectivity index (χ2n) is 5.78. The summed E-state index contributed by atoms with van der Waals surface area (Å²) < 4.78 is 5.61. The number of nitrogens with zero attached hydrogens (tertiary/aromatic N) is 2. The Balaban J connectivity index is 1.88. The van der Waals surface area contributed by atoms with Crippen LogP contribution >= 0.6 is 0 Å². The molecule has 0 spiro atoms. The van der Waals surface area contributed by atoms with Crippen LogP contribution in [0.4, 0.5) is 0 Å². The number of ether oxygens (including phenoxy) is 1. The Labute approximate surface area is 124 Å². The molecular formula is C16H20N2O3. The number of carbonyl (C=O) groups excluding carboxylic acids is 2. The molecule has 0 radical (unpaired) electrons. The van der Waals surface area contributed by atoms with Gasteiger partial charge in [0, 0.05) is 27.1 Å². The van der Waals surface area contributed by atoms with Gasteiger partial charge in [0.05, 0.1) is 12.2 Å². The van der Waals surface area contributed by atoms with Gasteiger partial charge in [-0.05, 0) is 24.5 Å². The summed E-state index contributed by atoms with van der Waals surface area (Å²) in [7, 11) is 3.46. The first-order valence-electron chi connectivity index (χ1n) is 7.36. The van der Waals surface area contributed by atoms with Gasteiger partial charge < -0.3 is 14.5 Å². The van der Waals surface area contributed by atoms with Gasteiger partial charge in [-0.3, -0.25) is 9.59 Å². The zero-order chi connectivity index (χ0) is 15.0. The summed E-state index contributed by atoms with van der Waals surface area (Å²) in [5.41, 5.74) is 1.67. The second-order valence-corrected chi connectivity index (χ2v) is 5.78. The molecule has 0 aliphatic carbocycles. The molecule has 1 fully saturated rings. The fraction of sp³-hybridized carbons (Fsp3) is 0.500. The quantitative estimate of drug-likeness (QED) is 0.824. The highest BCUT2D eigenvalue weighted by molar-refractivity contribution is 6.00. The molecule has 2 heterocycles. The molecule has 2 aliphatic rings. The van der Waals surface area contributed by atoms with Gasteiger partial charge >= 0.3 is 0 Å². The van der Waals surface area contributed by atoms with Gasteiger partial charge in [-0.1, -0.05) is 12.1 Å². The Kier molecular flexibility index (Phi) is 3.57. The molecule has 0 bridgehead atoms. The molecule has 0 unspecified atom stereocenters. The van der Waals surface area contributed by atoms with Gasteiger partial charge in [0.15, 0.2) is 0 Å². The van der Waals surface area contributed by atoms with Crippen molar-refractivity contribution in [1.82, 2.24) is 9.80 Å². The van der Waals surface area contributed by atoms with Crippen LogP contribution in [0.3, 0.4) is 0 Å². The van der Waals surface area contributed by atoms with E-state index in [1.54, 1.807) is 30.0 Å². The Bertz CT molecular complexity index is 583. The van der Waals surface area contributed by atoms with Crippen molar-refractivity contribution in [3.63, 3.8) is 0 Å². The Morgan fingerprint density at radius 2 is 2.14 bits per heavy atom. The molecule has 5 heteroatoms. The molecule has 5 nitrogen and oxygen atoms in total. The van der Waals surface area contributed by atoms with Gasteiger partial charge in [-0.25, -0.2) is 0 Å². The fourth-order valence-electron chi connectivity index (χ4n) is 3.10. The number of para-hydroxylation sites is 1. The van der Waals surface area contributed by atoms with Crippen LogP contribution < -0.4 is 4.74 Å². The Morgan fingerprint density at radius 1 is 1.33 bits per heavy atom. The number of rotatable bonds is 2. The molecule has 21 heavy (non-hydrogen) atoms. The van der Waals surface area contributed by atoms with E-state index in [2.05, 4.69) is 0 Å². The molecule has 2 amide bonds. The average molecular weight is 288 g/mol. The van der Waals surface area contributed by atoms with E-state index < -0.39 is 0 Å². The largest absolute Gasteiger partial charge is 0.492 e. The summed E-state index contributed by atoms with van der Waals surface area (Å²) >= 11 is 0. The van der Waals surface area contributed by atoms with E-state index in [1.165, 1.54) is 0 Å². The first kappa shape index (κ1) is 13.9. The molecule has 1 saturated heterocycles. The average Bonchev–Trinajstić information content (AvgIpc) is 3.13. The van der Waals surface area contributed by atoms with Crippen LogP contribution in [0.2, 0.25) is 0 Å². The molecule has 0 saturated carbocycles. The monoisotopic (exact) mass is 288 g/mol. The van der Waals surface area contributed by atoms with Crippen LogP contribution in [0.15, 0.2) is 18.2 Å². The lowest BCUT2D eigenvalue weighted by Crippen LogP contribution is -2.45. The molecular weight excluding hydrogens is 268 g/mol. The van der Waals surface area contributed by atoms with Gasteiger partial charge in [0.1, 0.15) is 11.8 Å². The van der Waals surface area contributed by atoms with Crippen molar-refractivity contribution in [1.29, 1.82) is 0 Å². The standard InChI is InChI=1S/C16H20N2O3/c1-17(2)16(20)13-7-4-9-18(13)15(19)12-6-3-5-11-8-10-21-14(11)12/h3,5-6,13H,4,7-10H2,1-2H3/t13-/m0/s1. The lowest BCUT2D eigenvalue weighted by atomic mass is 10.1. The summed E-state index contributed by atoms with van der Waals surface area (Å²) in [4.78, 5) is 28.3. The summed E-state index contributed by atoms with van der Waals surface area (Å²) in [6.45, 7) is 1.26. The molecule has 112 valence electrons. The zero-order valence-corrected chi connectivity index (χ0v) is 12.5. The minimum atomic E-state index is -0.343. The molecule has 1 aromatic rings. The summed E-state index contributed by atoms with van der Waals surface area (Å²) in [6.07, 6.45) is 2.45. The Hall–Kier alpha value is -2.04. The van der Waals surface area contributed by atoms with Crippen molar-refractivity contribution in [2.45, 2.75) is 25.3 Å². The number of carbonyl (C=O) groups is 2. The van der Waals surface area contributed by atoms with E-state index in [-0.39, 0.29) is 17.9 Å². The van der Waals surface area contributed by atoms with Crippen LogP contribution in [0.25, 0.3) is 0 Å². The lowest BCUT2D eigenvalue weighted by Gasteiger charge is -2.26. The van der Waals surface area contributed by atoms with E-state index in [0.29, 0.717) is 24.5 Å². The number of hydrogen-bond acceptors (Lipinski definition) is 3. The van der Waals surface area contributed by atoms with Crippen molar-refractivity contribution in [3.05, 3.63) is 29.3 Å². The van der Waals surface area contributed by atoms with Crippen LogP contribution in [0.1, 0.15) is 28.8 Å². The minimum absolute atomic E-state index is 0.00524. The predicted octanol–water partition coefficient (Wildman–Crippen LogP) is 1.31. The molecule has 2 aliphatic heterocycles. The van der Waals surface area contributed by atoms with Crippen LogP contribution in [-0.2, 0) is 11.2 Å². The van der Waals surface area contributed by atoms with Crippen molar-refractivity contribution in [2.24, 2.45) is 0 Å². The number of fused-ring (bicyclic) bond motifs is 1. The van der Waals surface area contributed by atoms with Crippen molar-refractivity contribution >= 4 is 11.8 Å². The van der Waals surface area contributed by atoms with Crippen molar-refractivity contribution in [2.75, 3.05) is 27.2 Å². The maximum absolute atomic E-state index is 12.8. The minimum Gasteiger partial charge on any atom is -0.492 e. The second kappa shape index (κ2) is 5.39. The number of amides is 2. The highest BCUT2D eigenvalue weighted by Gasteiger charge is 2.36. The third-order valence-electron chi connectivity index (χ3n) is 4.18. The van der Waals surface area contributed by atoms with Gasteiger partial charge in [0.2, 0.25) is 5.91 Å². The number of likely N-dealkylation sites (N-methyl/N-ethyl adjacent to an activating group) is 1. The van der Waals surface area contributed by atoms with Gasteiger partial charge in [-0.2, -0.15) is 0 Å². The SMILES string of the molecule is CN(C)C(=O)[C@@H]1CCCN1C(=O)c1cccc2c1OCC2. The third-order valence-corrected chi connectivity index (χ3v) is 4.18. The normalized spacial score (nSPS) is 20.1. The number of benzene rings is 1. The fourth-order valence-corrected chi connectivity index (χ4v) is 3.10. The van der Waals surface area contributed by atoms with E-state index >= 15 is 0 Å². The van der Waals surface area contributed by atoms with E-state index in [0.717, 1.165) is 24.8 Å². The third kappa shape index (κ3) is 2.37. The molecule has 3 rings (SSSR count). The van der Waals surface area contributed by atoms with Gasteiger partial charge in [-0.15, -0.1) is 0 Å². The zero-order valence-electron chi connectivity index (χ0n) is 12.5. The van der Waals surface area contributed by atoms with Crippen LogP contribution in [0, 0.1) is 0 Å².